The maximum absolute atomic E-state index is 11.7. The Morgan fingerprint density at radius 3 is 2.56 bits per heavy atom. The molecule has 0 spiro atoms. The van der Waals surface area contributed by atoms with Crippen molar-refractivity contribution in [2.24, 2.45) is 17.6 Å². The summed E-state index contributed by atoms with van der Waals surface area (Å²) < 4.78 is 27.7. The van der Waals surface area contributed by atoms with Gasteiger partial charge in [0, 0.05) is 6.42 Å². The highest BCUT2D eigenvalue weighted by Gasteiger charge is 2.31. The van der Waals surface area contributed by atoms with Crippen molar-refractivity contribution in [3.63, 3.8) is 0 Å². The van der Waals surface area contributed by atoms with Gasteiger partial charge in [0.05, 0.1) is 11.5 Å². The third-order valence-electron chi connectivity index (χ3n) is 3.08. The van der Waals surface area contributed by atoms with Crippen molar-refractivity contribution in [3.05, 3.63) is 0 Å². The molecule has 1 aliphatic heterocycles. The summed E-state index contributed by atoms with van der Waals surface area (Å²) in [6.07, 6.45) is 1.13. The van der Waals surface area contributed by atoms with Crippen LogP contribution in [0, 0.1) is 11.8 Å². The summed E-state index contributed by atoms with van der Waals surface area (Å²) in [5.41, 5.74) is 5.62. The van der Waals surface area contributed by atoms with Gasteiger partial charge in [0.15, 0.2) is 9.84 Å². The zero-order chi connectivity index (χ0) is 13.8. The van der Waals surface area contributed by atoms with E-state index in [0.29, 0.717) is 18.9 Å². The molecule has 0 bridgehead atoms. The largest absolute Gasteiger partial charge is 0.461 e. The molecule has 0 aliphatic carbocycles. The van der Waals surface area contributed by atoms with Gasteiger partial charge in [-0.1, -0.05) is 13.8 Å². The summed E-state index contributed by atoms with van der Waals surface area (Å²) in [6.45, 7) is 4.62. The van der Waals surface area contributed by atoms with Crippen molar-refractivity contribution in [2.75, 3.05) is 18.1 Å². The molecule has 1 unspecified atom stereocenters. The number of esters is 1. The number of carbonyl (C=O) groups excluding carboxylic acids is 1. The number of hydrogen-bond donors (Lipinski definition) is 1. The van der Waals surface area contributed by atoms with Crippen molar-refractivity contribution in [2.45, 2.75) is 39.2 Å². The molecule has 0 saturated carbocycles. The molecular weight excluding hydrogens is 254 g/mol. The molecule has 1 fully saturated rings. The highest BCUT2D eigenvalue weighted by atomic mass is 32.2. The lowest BCUT2D eigenvalue weighted by Gasteiger charge is -2.17. The van der Waals surface area contributed by atoms with Crippen LogP contribution >= 0.6 is 0 Å². The van der Waals surface area contributed by atoms with E-state index in [0.717, 1.165) is 6.42 Å². The summed E-state index contributed by atoms with van der Waals surface area (Å²) in [7, 11) is -3.00. The molecule has 1 heterocycles. The minimum Gasteiger partial charge on any atom is -0.461 e. The number of ether oxygens (including phenoxy) is 1. The SMILES string of the molecule is CC(C)C[C@H](CN)CC(=O)OC1CCS(=O)(=O)C1. The van der Waals surface area contributed by atoms with E-state index in [2.05, 4.69) is 13.8 Å². The van der Waals surface area contributed by atoms with E-state index in [1.165, 1.54) is 0 Å². The first-order valence-corrected chi connectivity index (χ1v) is 8.24. The summed E-state index contributed by atoms with van der Waals surface area (Å²) in [5.74, 6) is 0.370. The van der Waals surface area contributed by atoms with Gasteiger partial charge in [0.25, 0.3) is 0 Å². The molecule has 0 amide bonds. The van der Waals surface area contributed by atoms with Crippen LogP contribution in [0.2, 0.25) is 0 Å². The lowest BCUT2D eigenvalue weighted by molar-refractivity contribution is -0.149. The first-order chi connectivity index (χ1) is 8.32. The molecule has 1 rings (SSSR count). The Morgan fingerprint density at radius 2 is 2.11 bits per heavy atom. The second-order valence-corrected chi connectivity index (χ2v) is 7.68. The standard InChI is InChI=1S/C12H23NO4S/c1-9(2)5-10(7-13)6-12(14)17-11-3-4-18(15,16)8-11/h9-11H,3-8,13H2,1-2H3/t10-,11?/m0/s1. The van der Waals surface area contributed by atoms with E-state index in [1.54, 1.807) is 0 Å². The van der Waals surface area contributed by atoms with E-state index in [4.69, 9.17) is 10.5 Å². The van der Waals surface area contributed by atoms with Crippen molar-refractivity contribution in [1.82, 2.24) is 0 Å². The second kappa shape index (κ2) is 6.52. The zero-order valence-electron chi connectivity index (χ0n) is 11.1. The highest BCUT2D eigenvalue weighted by molar-refractivity contribution is 7.91. The quantitative estimate of drug-likeness (QED) is 0.723. The van der Waals surface area contributed by atoms with E-state index < -0.39 is 15.9 Å². The summed E-state index contributed by atoms with van der Waals surface area (Å²) in [4.78, 5) is 11.7. The van der Waals surface area contributed by atoms with Gasteiger partial charge in [-0.15, -0.1) is 0 Å². The molecule has 2 N–H and O–H groups in total. The van der Waals surface area contributed by atoms with Crippen LogP contribution in [0.3, 0.4) is 0 Å². The van der Waals surface area contributed by atoms with E-state index in [-0.39, 0.29) is 29.8 Å². The number of sulfone groups is 1. The predicted octanol–water partition coefficient (Wildman–Crippen LogP) is 0.728. The van der Waals surface area contributed by atoms with Crippen molar-refractivity contribution in [1.29, 1.82) is 0 Å². The molecule has 5 nitrogen and oxygen atoms in total. The molecule has 1 aliphatic rings. The molecule has 2 atom stereocenters. The smallest absolute Gasteiger partial charge is 0.306 e. The Morgan fingerprint density at radius 1 is 1.44 bits per heavy atom. The average molecular weight is 277 g/mol. The van der Waals surface area contributed by atoms with Gasteiger partial charge in [-0.25, -0.2) is 8.42 Å². The van der Waals surface area contributed by atoms with Crippen LogP contribution in [0.4, 0.5) is 0 Å². The molecule has 1 saturated heterocycles. The molecule has 0 aromatic carbocycles. The third kappa shape index (κ3) is 5.35. The van der Waals surface area contributed by atoms with Crippen LogP contribution in [-0.2, 0) is 19.4 Å². The van der Waals surface area contributed by atoms with Crippen LogP contribution in [0.15, 0.2) is 0 Å². The predicted molar refractivity (Wildman–Crippen MR) is 69.8 cm³/mol. The minimum absolute atomic E-state index is 0.0315. The fourth-order valence-corrected chi connectivity index (χ4v) is 3.84. The fourth-order valence-electron chi connectivity index (χ4n) is 2.25. The van der Waals surface area contributed by atoms with Gasteiger partial charge in [0.2, 0.25) is 0 Å². The zero-order valence-corrected chi connectivity index (χ0v) is 11.9. The fraction of sp³-hybridized carbons (Fsp3) is 0.917. The Balaban J connectivity index is 2.37. The van der Waals surface area contributed by atoms with Crippen molar-refractivity contribution >= 4 is 15.8 Å². The highest BCUT2D eigenvalue weighted by Crippen LogP contribution is 2.19. The number of rotatable bonds is 6. The Labute approximate surface area is 109 Å². The third-order valence-corrected chi connectivity index (χ3v) is 4.82. The molecule has 0 aromatic heterocycles. The van der Waals surface area contributed by atoms with E-state index in [9.17, 15) is 13.2 Å². The van der Waals surface area contributed by atoms with Crippen LogP contribution < -0.4 is 5.73 Å². The maximum Gasteiger partial charge on any atom is 0.306 e. The molecule has 106 valence electrons. The minimum atomic E-state index is -3.00. The number of hydrogen-bond acceptors (Lipinski definition) is 5. The lowest BCUT2D eigenvalue weighted by Crippen LogP contribution is -2.25. The monoisotopic (exact) mass is 277 g/mol. The molecule has 0 radical (unpaired) electrons. The van der Waals surface area contributed by atoms with Crippen LogP contribution in [0.5, 0.6) is 0 Å². The molecular formula is C12H23NO4S. The van der Waals surface area contributed by atoms with Gasteiger partial charge in [-0.2, -0.15) is 0 Å². The van der Waals surface area contributed by atoms with Gasteiger partial charge < -0.3 is 10.5 Å². The Hall–Kier alpha value is -0.620. The van der Waals surface area contributed by atoms with Crippen LogP contribution in [-0.4, -0.2) is 38.5 Å². The Kier molecular flexibility index (Phi) is 5.59. The van der Waals surface area contributed by atoms with Gasteiger partial charge in [-0.3, -0.25) is 4.79 Å². The Bertz CT molecular complexity index is 378. The summed E-state index contributed by atoms with van der Waals surface area (Å²) >= 11 is 0. The first kappa shape index (κ1) is 15.4. The van der Waals surface area contributed by atoms with Crippen LogP contribution in [0.25, 0.3) is 0 Å². The van der Waals surface area contributed by atoms with Gasteiger partial charge >= 0.3 is 5.97 Å². The second-order valence-electron chi connectivity index (χ2n) is 5.45. The van der Waals surface area contributed by atoms with Gasteiger partial charge in [-0.05, 0) is 31.2 Å². The lowest BCUT2D eigenvalue weighted by atomic mass is 9.94. The molecule has 18 heavy (non-hydrogen) atoms. The maximum atomic E-state index is 11.7. The van der Waals surface area contributed by atoms with Crippen molar-refractivity contribution in [3.8, 4) is 0 Å². The number of carbonyl (C=O) groups is 1. The van der Waals surface area contributed by atoms with E-state index >= 15 is 0 Å². The average Bonchev–Trinajstić information content (AvgIpc) is 2.56. The summed E-state index contributed by atoms with van der Waals surface area (Å²) in [6, 6.07) is 0. The molecule has 6 heteroatoms. The van der Waals surface area contributed by atoms with Gasteiger partial charge in [0.1, 0.15) is 6.10 Å². The summed E-state index contributed by atoms with van der Waals surface area (Å²) in [5, 5.41) is 0. The number of nitrogens with two attached hydrogens (primary N) is 1. The van der Waals surface area contributed by atoms with Crippen molar-refractivity contribution < 1.29 is 17.9 Å². The topological polar surface area (TPSA) is 86.5 Å². The molecule has 0 aromatic rings. The van der Waals surface area contributed by atoms with Crippen LogP contribution in [0.1, 0.15) is 33.1 Å². The normalized spacial score (nSPS) is 24.1. The van der Waals surface area contributed by atoms with E-state index in [1.807, 2.05) is 0 Å². The first-order valence-electron chi connectivity index (χ1n) is 6.42.